The van der Waals surface area contributed by atoms with Crippen molar-refractivity contribution in [1.29, 1.82) is 0 Å². The fourth-order valence-electron chi connectivity index (χ4n) is 2.90. The highest BCUT2D eigenvalue weighted by Gasteiger charge is 2.21. The summed E-state index contributed by atoms with van der Waals surface area (Å²) in [7, 11) is 4.62. The van der Waals surface area contributed by atoms with Crippen LogP contribution in [0.15, 0.2) is 34.9 Å². The summed E-state index contributed by atoms with van der Waals surface area (Å²) < 4.78 is 21.3. The third-order valence-corrected chi connectivity index (χ3v) is 4.13. The second kappa shape index (κ2) is 6.39. The number of ether oxygens (including phenoxy) is 3. The van der Waals surface area contributed by atoms with Gasteiger partial charge in [0, 0.05) is 10.9 Å². The average molecular weight is 341 g/mol. The lowest BCUT2D eigenvalue weighted by Gasteiger charge is -2.12. The average Bonchev–Trinajstić information content (AvgIpc) is 3.05. The van der Waals surface area contributed by atoms with Crippen LogP contribution in [0, 0.1) is 6.92 Å². The molecule has 0 unspecified atom stereocenters. The zero-order valence-electron chi connectivity index (χ0n) is 14.5. The van der Waals surface area contributed by atoms with E-state index < -0.39 is 0 Å². The van der Waals surface area contributed by atoms with Gasteiger partial charge in [0.25, 0.3) is 0 Å². The molecule has 6 nitrogen and oxygen atoms in total. The number of fused-ring (bicyclic) bond motifs is 1. The number of carbonyl (C=O) groups excluding carboxylic acids is 1. The van der Waals surface area contributed by atoms with Crippen molar-refractivity contribution in [1.82, 2.24) is 0 Å². The Kier molecular flexibility index (Phi) is 4.27. The first-order valence-electron chi connectivity index (χ1n) is 7.62. The maximum atomic E-state index is 13.0. The lowest BCUT2D eigenvalue weighted by atomic mass is 9.99. The molecule has 0 atom stereocenters. The Labute approximate surface area is 145 Å². The number of nitrogen functional groups attached to an aromatic ring is 1. The van der Waals surface area contributed by atoms with Gasteiger partial charge >= 0.3 is 0 Å². The van der Waals surface area contributed by atoms with Gasteiger partial charge in [0.05, 0.1) is 26.9 Å². The lowest BCUT2D eigenvalue weighted by molar-refractivity contribution is 0.103. The van der Waals surface area contributed by atoms with E-state index in [2.05, 4.69) is 0 Å². The molecule has 0 aliphatic carbocycles. The molecule has 0 aliphatic rings. The van der Waals surface area contributed by atoms with E-state index in [1.165, 1.54) is 20.5 Å². The van der Waals surface area contributed by atoms with Crippen molar-refractivity contribution in [2.24, 2.45) is 0 Å². The molecule has 0 saturated heterocycles. The highest BCUT2D eigenvalue weighted by molar-refractivity contribution is 6.17. The third-order valence-electron chi connectivity index (χ3n) is 4.13. The number of nitrogens with two attached hydrogens (primary N) is 1. The molecular weight excluding hydrogens is 322 g/mol. The van der Waals surface area contributed by atoms with Gasteiger partial charge in [-0.2, -0.15) is 0 Å². The normalized spacial score (nSPS) is 10.7. The first kappa shape index (κ1) is 16.7. The Morgan fingerprint density at radius 2 is 1.76 bits per heavy atom. The topological polar surface area (TPSA) is 83.9 Å². The summed E-state index contributed by atoms with van der Waals surface area (Å²) in [5.74, 6) is 1.42. The van der Waals surface area contributed by atoms with Gasteiger partial charge in [-0.1, -0.05) is 0 Å². The maximum absolute atomic E-state index is 13.0. The summed E-state index contributed by atoms with van der Waals surface area (Å²) >= 11 is 0. The van der Waals surface area contributed by atoms with Crippen molar-refractivity contribution < 1.29 is 23.4 Å². The smallest absolute Gasteiger partial charge is 0.197 e. The molecule has 1 heterocycles. The quantitative estimate of drug-likeness (QED) is 0.564. The van der Waals surface area contributed by atoms with Crippen LogP contribution >= 0.6 is 0 Å². The van der Waals surface area contributed by atoms with Gasteiger partial charge < -0.3 is 24.4 Å². The SMILES string of the molecule is COc1cc(C(=O)c2coc3c(N)c(OC)ccc23)cc(C)c1OC. The molecule has 0 spiro atoms. The third kappa shape index (κ3) is 2.65. The minimum atomic E-state index is -0.188. The van der Waals surface area contributed by atoms with E-state index in [9.17, 15) is 4.79 Å². The number of hydrogen-bond acceptors (Lipinski definition) is 6. The molecule has 25 heavy (non-hydrogen) atoms. The number of carbonyl (C=O) groups is 1. The van der Waals surface area contributed by atoms with Crippen molar-refractivity contribution in [3.8, 4) is 17.2 Å². The Morgan fingerprint density at radius 3 is 2.40 bits per heavy atom. The molecule has 2 aromatic carbocycles. The van der Waals surface area contributed by atoms with Gasteiger partial charge in [-0.05, 0) is 36.8 Å². The van der Waals surface area contributed by atoms with E-state index in [1.54, 1.807) is 31.4 Å². The molecule has 0 aliphatic heterocycles. The van der Waals surface area contributed by atoms with Crippen LogP contribution < -0.4 is 19.9 Å². The number of aryl methyl sites for hydroxylation is 1. The minimum Gasteiger partial charge on any atom is -0.494 e. The summed E-state index contributed by atoms with van der Waals surface area (Å²) in [5, 5.41) is 0.635. The number of furan rings is 1. The summed E-state index contributed by atoms with van der Waals surface area (Å²) in [6, 6.07) is 6.88. The van der Waals surface area contributed by atoms with Crippen LogP contribution in [0.1, 0.15) is 21.5 Å². The standard InChI is InChI=1S/C19H19NO5/c1-10-7-11(8-15(23-3)18(10)24-4)17(21)13-9-25-19-12(13)5-6-14(22-2)16(19)20/h5-9H,20H2,1-4H3. The van der Waals surface area contributed by atoms with Gasteiger partial charge in [-0.25, -0.2) is 0 Å². The van der Waals surface area contributed by atoms with Gasteiger partial charge in [-0.3, -0.25) is 4.79 Å². The van der Waals surface area contributed by atoms with E-state index >= 15 is 0 Å². The number of methoxy groups -OCH3 is 3. The molecule has 130 valence electrons. The monoisotopic (exact) mass is 341 g/mol. The molecule has 0 radical (unpaired) electrons. The molecule has 0 bridgehead atoms. The summed E-state index contributed by atoms with van der Waals surface area (Å²) in [4.78, 5) is 13.0. The second-order valence-corrected chi connectivity index (χ2v) is 5.57. The highest BCUT2D eigenvalue weighted by atomic mass is 16.5. The van der Waals surface area contributed by atoms with Crippen molar-refractivity contribution >= 4 is 22.4 Å². The van der Waals surface area contributed by atoms with Crippen LogP contribution in [0.25, 0.3) is 11.0 Å². The lowest BCUT2D eigenvalue weighted by Crippen LogP contribution is -2.03. The summed E-state index contributed by atoms with van der Waals surface area (Å²) in [5.41, 5.74) is 8.53. The van der Waals surface area contributed by atoms with Crippen molar-refractivity contribution in [3.63, 3.8) is 0 Å². The first-order chi connectivity index (χ1) is 12.0. The number of rotatable bonds is 5. The zero-order valence-corrected chi connectivity index (χ0v) is 14.5. The largest absolute Gasteiger partial charge is 0.494 e. The van der Waals surface area contributed by atoms with Crippen molar-refractivity contribution in [2.75, 3.05) is 27.1 Å². The van der Waals surface area contributed by atoms with Crippen LogP contribution in [0.3, 0.4) is 0 Å². The minimum absolute atomic E-state index is 0.188. The number of anilines is 1. The number of benzene rings is 2. The molecular formula is C19H19NO5. The Hall–Kier alpha value is -3.15. The second-order valence-electron chi connectivity index (χ2n) is 5.57. The Balaban J connectivity index is 2.12. The maximum Gasteiger partial charge on any atom is 0.197 e. The van der Waals surface area contributed by atoms with Crippen molar-refractivity contribution in [3.05, 3.63) is 47.2 Å². The van der Waals surface area contributed by atoms with E-state index in [-0.39, 0.29) is 5.78 Å². The molecule has 3 aromatic rings. The fourth-order valence-corrected chi connectivity index (χ4v) is 2.90. The Morgan fingerprint density at radius 1 is 1.04 bits per heavy atom. The van der Waals surface area contributed by atoms with Crippen molar-refractivity contribution in [2.45, 2.75) is 6.92 Å². The summed E-state index contributed by atoms with van der Waals surface area (Å²) in [6.45, 7) is 1.86. The predicted molar refractivity (Wildman–Crippen MR) is 94.9 cm³/mol. The van der Waals surface area contributed by atoms with Crippen LogP contribution in [0.2, 0.25) is 0 Å². The molecule has 6 heteroatoms. The molecule has 0 amide bonds. The molecule has 0 fully saturated rings. The van der Waals surface area contributed by atoms with Gasteiger partial charge in [0.15, 0.2) is 22.9 Å². The van der Waals surface area contributed by atoms with Crippen LogP contribution in [-0.2, 0) is 0 Å². The zero-order chi connectivity index (χ0) is 18.1. The van der Waals surface area contributed by atoms with Crippen LogP contribution in [0.5, 0.6) is 17.2 Å². The molecule has 0 saturated carbocycles. The van der Waals surface area contributed by atoms with E-state index in [1.807, 2.05) is 6.92 Å². The molecule has 1 aromatic heterocycles. The van der Waals surface area contributed by atoms with E-state index in [4.69, 9.17) is 24.4 Å². The first-order valence-corrected chi connectivity index (χ1v) is 7.62. The highest BCUT2D eigenvalue weighted by Crippen LogP contribution is 2.36. The predicted octanol–water partition coefficient (Wildman–Crippen LogP) is 3.58. The molecule has 2 N–H and O–H groups in total. The summed E-state index contributed by atoms with van der Waals surface area (Å²) in [6.07, 6.45) is 1.41. The van der Waals surface area contributed by atoms with Gasteiger partial charge in [-0.15, -0.1) is 0 Å². The number of hydrogen-bond donors (Lipinski definition) is 1. The van der Waals surface area contributed by atoms with Gasteiger partial charge in [0.2, 0.25) is 0 Å². The fraction of sp³-hybridized carbons (Fsp3) is 0.211. The molecule has 3 rings (SSSR count). The van der Waals surface area contributed by atoms with E-state index in [0.717, 1.165) is 5.56 Å². The number of ketones is 1. The van der Waals surface area contributed by atoms with Gasteiger partial charge in [0.1, 0.15) is 17.7 Å². The Bertz CT molecular complexity index is 958. The van der Waals surface area contributed by atoms with Crippen LogP contribution in [0.4, 0.5) is 5.69 Å². The van der Waals surface area contributed by atoms with E-state index in [0.29, 0.717) is 45.0 Å². The van der Waals surface area contributed by atoms with Crippen LogP contribution in [-0.4, -0.2) is 27.1 Å².